The fraction of sp³-hybridized carbons (Fsp3) is 0.192. The van der Waals surface area contributed by atoms with Crippen molar-refractivity contribution in [3.8, 4) is 11.1 Å². The van der Waals surface area contributed by atoms with Gasteiger partial charge in [0.2, 0.25) is 11.7 Å². The summed E-state index contributed by atoms with van der Waals surface area (Å²) in [6.45, 7) is 1.65. The van der Waals surface area contributed by atoms with Gasteiger partial charge in [-0.25, -0.2) is 4.98 Å². The van der Waals surface area contributed by atoms with Crippen molar-refractivity contribution < 1.29 is 9.72 Å². The van der Waals surface area contributed by atoms with Crippen LogP contribution < -0.4 is 10.9 Å². The van der Waals surface area contributed by atoms with E-state index < -0.39 is 16.2 Å². The molecule has 0 aliphatic carbocycles. The molecule has 1 aliphatic heterocycles. The molecule has 0 unspecified atom stereocenters. The van der Waals surface area contributed by atoms with Crippen molar-refractivity contribution in [1.29, 1.82) is 0 Å². The van der Waals surface area contributed by atoms with E-state index in [0.29, 0.717) is 18.6 Å². The summed E-state index contributed by atoms with van der Waals surface area (Å²) in [6, 6.07) is 20.8. The van der Waals surface area contributed by atoms with E-state index >= 15 is 0 Å². The van der Waals surface area contributed by atoms with E-state index in [-0.39, 0.29) is 18.3 Å². The molecule has 35 heavy (non-hydrogen) atoms. The molecule has 1 N–H and O–H groups in total. The van der Waals surface area contributed by atoms with Gasteiger partial charge in [-0.15, -0.1) is 0 Å². The molecule has 0 atom stereocenters. The summed E-state index contributed by atoms with van der Waals surface area (Å²) in [5, 5.41) is 14.7. The lowest BCUT2D eigenvalue weighted by Gasteiger charge is -2.16. The lowest BCUT2D eigenvalue weighted by Crippen LogP contribution is -2.23. The summed E-state index contributed by atoms with van der Waals surface area (Å²) in [6.07, 6.45) is 2.99. The Balaban J connectivity index is 1.40. The zero-order chi connectivity index (χ0) is 24.4. The van der Waals surface area contributed by atoms with E-state index in [9.17, 15) is 19.7 Å². The van der Waals surface area contributed by atoms with Gasteiger partial charge in [-0.1, -0.05) is 54.6 Å². The lowest BCUT2D eigenvalue weighted by atomic mass is 9.98. The number of nitro groups is 1. The van der Waals surface area contributed by atoms with Crippen LogP contribution in [-0.2, 0) is 17.9 Å². The molecule has 0 bridgehead atoms. The number of anilines is 1. The number of nitrogens with zero attached hydrogens (tertiary/aromatic N) is 4. The van der Waals surface area contributed by atoms with Gasteiger partial charge in [-0.05, 0) is 40.8 Å². The number of hydrogen-bond donors (Lipinski definition) is 1. The highest BCUT2D eigenvalue weighted by atomic mass is 16.6. The molecule has 2 aromatic heterocycles. The minimum Gasteiger partial charge on any atom is -0.360 e. The topological polar surface area (TPSA) is 110 Å². The summed E-state index contributed by atoms with van der Waals surface area (Å²) in [7, 11) is 0. The normalized spacial score (nSPS) is 13.4. The van der Waals surface area contributed by atoms with Crippen molar-refractivity contribution in [3.63, 3.8) is 0 Å². The number of aromatic nitrogens is 2. The number of benzene rings is 2. The van der Waals surface area contributed by atoms with Gasteiger partial charge in [0.1, 0.15) is 5.65 Å². The monoisotopic (exact) mass is 469 g/mol. The largest absolute Gasteiger partial charge is 0.376 e. The van der Waals surface area contributed by atoms with Crippen LogP contribution in [0.5, 0.6) is 0 Å². The maximum absolute atomic E-state index is 12.7. The highest BCUT2D eigenvalue weighted by Gasteiger charge is 2.23. The number of pyridine rings is 1. The van der Waals surface area contributed by atoms with Crippen LogP contribution in [0, 0.1) is 10.1 Å². The number of likely N-dealkylation sites (tertiary alicyclic amines) is 1. The van der Waals surface area contributed by atoms with Crippen molar-refractivity contribution in [2.75, 3.05) is 11.9 Å². The number of nitrogens with one attached hydrogen (secondary N) is 1. The standard InChI is InChI=1S/C26H23N5O4/c32-23-9-5-14-29(23)17-18-10-12-19(13-11-18)21-7-2-1-6-20(21)16-27-25-24(31(34)35)26(33)30-15-4-3-8-22(30)28-25/h1-4,6-8,10-13,15,27H,5,9,14,16-17H2. The number of amides is 1. The van der Waals surface area contributed by atoms with Crippen molar-refractivity contribution >= 4 is 23.1 Å². The Kier molecular flexibility index (Phi) is 5.97. The van der Waals surface area contributed by atoms with E-state index in [0.717, 1.165) is 39.6 Å². The first-order chi connectivity index (χ1) is 17.0. The number of hydrogen-bond acceptors (Lipinski definition) is 6. The van der Waals surface area contributed by atoms with Crippen molar-refractivity contribution in [1.82, 2.24) is 14.3 Å². The smallest absolute Gasteiger partial charge is 0.360 e. The van der Waals surface area contributed by atoms with E-state index in [4.69, 9.17) is 0 Å². The van der Waals surface area contributed by atoms with Crippen LogP contribution in [0.15, 0.2) is 77.7 Å². The molecule has 1 saturated heterocycles. The Hall–Kier alpha value is -4.53. The number of carbonyl (C=O) groups is 1. The summed E-state index contributed by atoms with van der Waals surface area (Å²) < 4.78 is 1.16. The zero-order valence-electron chi connectivity index (χ0n) is 18.9. The maximum Gasteiger partial charge on any atom is 0.376 e. The first-order valence-corrected chi connectivity index (χ1v) is 11.4. The predicted molar refractivity (Wildman–Crippen MR) is 132 cm³/mol. The van der Waals surface area contributed by atoms with Gasteiger partial charge in [-0.3, -0.25) is 24.1 Å². The Morgan fingerprint density at radius 3 is 2.51 bits per heavy atom. The van der Waals surface area contributed by atoms with Crippen LogP contribution in [0.1, 0.15) is 24.0 Å². The Morgan fingerprint density at radius 2 is 1.77 bits per heavy atom. The van der Waals surface area contributed by atoms with Gasteiger partial charge in [0.25, 0.3) is 0 Å². The molecular weight excluding hydrogens is 446 g/mol. The minimum atomic E-state index is -0.733. The second-order valence-corrected chi connectivity index (χ2v) is 8.43. The first kappa shape index (κ1) is 22.3. The fourth-order valence-electron chi connectivity index (χ4n) is 4.38. The summed E-state index contributed by atoms with van der Waals surface area (Å²) >= 11 is 0. The van der Waals surface area contributed by atoms with Crippen LogP contribution in [0.4, 0.5) is 11.5 Å². The molecule has 4 aromatic rings. The molecule has 9 heteroatoms. The number of carbonyl (C=O) groups excluding carboxylic acids is 1. The molecule has 2 aromatic carbocycles. The van der Waals surface area contributed by atoms with E-state index in [1.807, 2.05) is 53.4 Å². The highest BCUT2D eigenvalue weighted by Crippen LogP contribution is 2.27. The average molecular weight is 470 g/mol. The van der Waals surface area contributed by atoms with Gasteiger partial charge in [0.05, 0.1) is 4.92 Å². The van der Waals surface area contributed by atoms with E-state index in [1.165, 1.54) is 6.20 Å². The van der Waals surface area contributed by atoms with Crippen LogP contribution in [0.2, 0.25) is 0 Å². The molecule has 3 heterocycles. The van der Waals surface area contributed by atoms with Gasteiger partial charge >= 0.3 is 11.2 Å². The molecule has 0 spiro atoms. The lowest BCUT2D eigenvalue weighted by molar-refractivity contribution is -0.385. The van der Waals surface area contributed by atoms with Gasteiger partial charge in [0.15, 0.2) is 0 Å². The first-order valence-electron chi connectivity index (χ1n) is 11.4. The number of rotatable bonds is 7. The molecule has 0 radical (unpaired) electrons. The quantitative estimate of drug-likeness (QED) is 0.324. The van der Waals surface area contributed by atoms with E-state index in [2.05, 4.69) is 10.3 Å². The third-order valence-electron chi connectivity index (χ3n) is 6.17. The number of fused-ring (bicyclic) bond motifs is 1. The SMILES string of the molecule is O=C1CCCN1Cc1ccc(-c2ccccc2CNc2nc3ccccn3c(=O)c2[N+](=O)[O-])cc1. The van der Waals surface area contributed by atoms with Crippen LogP contribution in [-0.4, -0.2) is 31.7 Å². The highest BCUT2D eigenvalue weighted by molar-refractivity contribution is 5.78. The molecule has 9 nitrogen and oxygen atoms in total. The summed E-state index contributed by atoms with van der Waals surface area (Å²) in [5.41, 5.74) is 2.92. The Bertz CT molecular complexity index is 1480. The second-order valence-electron chi connectivity index (χ2n) is 8.43. The predicted octanol–water partition coefficient (Wildman–Crippen LogP) is 4.00. The summed E-state index contributed by atoms with van der Waals surface area (Å²) in [4.78, 5) is 41.7. The Labute approximate surface area is 200 Å². The minimum absolute atomic E-state index is 0.0633. The molecule has 1 fully saturated rings. The molecular formula is C26H23N5O4. The van der Waals surface area contributed by atoms with Gasteiger partial charge in [0, 0.05) is 32.3 Å². The van der Waals surface area contributed by atoms with Gasteiger partial charge < -0.3 is 10.2 Å². The molecule has 176 valence electrons. The molecule has 5 rings (SSSR count). The average Bonchev–Trinajstić information content (AvgIpc) is 3.27. The van der Waals surface area contributed by atoms with Crippen LogP contribution in [0.25, 0.3) is 16.8 Å². The molecule has 1 amide bonds. The van der Waals surface area contributed by atoms with Gasteiger partial charge in [-0.2, -0.15) is 0 Å². The third kappa shape index (κ3) is 4.48. The molecule has 0 saturated carbocycles. The second kappa shape index (κ2) is 9.38. The van der Waals surface area contributed by atoms with E-state index in [1.54, 1.807) is 18.2 Å². The van der Waals surface area contributed by atoms with Crippen molar-refractivity contribution in [3.05, 3.63) is 105 Å². The van der Waals surface area contributed by atoms with Crippen LogP contribution in [0.3, 0.4) is 0 Å². The summed E-state index contributed by atoms with van der Waals surface area (Å²) in [5.74, 6) is 0.133. The van der Waals surface area contributed by atoms with Crippen molar-refractivity contribution in [2.24, 2.45) is 0 Å². The maximum atomic E-state index is 12.7. The molecule has 1 aliphatic rings. The van der Waals surface area contributed by atoms with Crippen LogP contribution >= 0.6 is 0 Å². The fourth-order valence-corrected chi connectivity index (χ4v) is 4.38. The zero-order valence-corrected chi connectivity index (χ0v) is 18.9. The third-order valence-corrected chi connectivity index (χ3v) is 6.17. The Morgan fingerprint density at radius 1 is 1.00 bits per heavy atom. The van der Waals surface area contributed by atoms with Crippen molar-refractivity contribution in [2.45, 2.75) is 25.9 Å².